The van der Waals surface area contributed by atoms with Crippen LogP contribution in [0.5, 0.6) is 0 Å². The van der Waals surface area contributed by atoms with Crippen LogP contribution in [0.2, 0.25) is 0 Å². The molecule has 2 aromatic rings. The second-order valence-electron chi connectivity index (χ2n) is 10.4. The Balaban J connectivity index is 1.08. The highest BCUT2D eigenvalue weighted by molar-refractivity contribution is 7.17. The first-order valence-electron chi connectivity index (χ1n) is 12.7. The topological polar surface area (TPSA) is 35.6 Å². The summed E-state index contributed by atoms with van der Waals surface area (Å²) in [5.41, 5.74) is 0.449. The third kappa shape index (κ3) is 5.23. The fraction of sp³-hybridized carbons (Fsp3) is 0.654. The molecule has 1 saturated heterocycles. The van der Waals surface area contributed by atoms with Crippen LogP contribution in [0.1, 0.15) is 51.0 Å². The van der Waals surface area contributed by atoms with Gasteiger partial charge in [0.1, 0.15) is 0 Å². The van der Waals surface area contributed by atoms with E-state index in [4.69, 9.17) is 0 Å². The van der Waals surface area contributed by atoms with E-state index in [0.29, 0.717) is 16.7 Å². The summed E-state index contributed by atoms with van der Waals surface area (Å²) in [6, 6.07) is 4.42. The summed E-state index contributed by atoms with van der Waals surface area (Å²) in [5, 5.41) is 6.20. The number of piperazine rings is 1. The van der Waals surface area contributed by atoms with E-state index < -0.39 is 11.7 Å². The molecular formula is C26H34F3N3OS. The van der Waals surface area contributed by atoms with E-state index in [-0.39, 0.29) is 11.8 Å². The van der Waals surface area contributed by atoms with Gasteiger partial charge in [0.25, 0.3) is 0 Å². The molecule has 186 valence electrons. The van der Waals surface area contributed by atoms with Gasteiger partial charge in [0.2, 0.25) is 5.91 Å². The maximum atomic E-state index is 13.0. The molecule has 1 amide bonds. The Morgan fingerprint density at radius 3 is 2.53 bits per heavy atom. The van der Waals surface area contributed by atoms with E-state index in [1.165, 1.54) is 42.7 Å². The van der Waals surface area contributed by atoms with Gasteiger partial charge in [-0.05, 0) is 56.1 Å². The zero-order valence-electron chi connectivity index (χ0n) is 19.7. The Hall–Kier alpha value is -1.80. The van der Waals surface area contributed by atoms with Gasteiger partial charge in [0.05, 0.1) is 11.3 Å². The van der Waals surface area contributed by atoms with E-state index in [1.54, 1.807) is 6.07 Å². The molecule has 2 aliphatic carbocycles. The fourth-order valence-corrected chi connectivity index (χ4v) is 6.74. The summed E-state index contributed by atoms with van der Waals surface area (Å²) in [5.74, 6) is 1.73. The van der Waals surface area contributed by atoms with Gasteiger partial charge in [0.15, 0.2) is 0 Å². The number of hydrogen-bond donors (Lipinski definition) is 1. The number of fused-ring (bicyclic) bond motifs is 1. The smallest absolute Gasteiger partial charge is 0.368 e. The minimum Gasteiger partial charge on any atom is -0.368 e. The van der Waals surface area contributed by atoms with Crippen LogP contribution in [0, 0.1) is 17.8 Å². The maximum absolute atomic E-state index is 13.0. The highest BCUT2D eigenvalue weighted by Crippen LogP contribution is 2.41. The zero-order valence-corrected chi connectivity index (χ0v) is 20.6. The zero-order chi connectivity index (χ0) is 23.9. The Morgan fingerprint density at radius 2 is 1.85 bits per heavy atom. The highest BCUT2D eigenvalue weighted by atomic mass is 32.1. The summed E-state index contributed by atoms with van der Waals surface area (Å²) in [6.45, 7) is 6.78. The first-order chi connectivity index (χ1) is 16.3. The average molecular weight is 494 g/mol. The summed E-state index contributed by atoms with van der Waals surface area (Å²) >= 11 is 1.38. The molecule has 0 unspecified atom stereocenters. The number of alkyl halides is 3. The van der Waals surface area contributed by atoms with Crippen LogP contribution in [0.4, 0.5) is 18.9 Å². The molecule has 1 aliphatic heterocycles. The summed E-state index contributed by atoms with van der Waals surface area (Å²) in [4.78, 5) is 17.4. The van der Waals surface area contributed by atoms with Gasteiger partial charge in [-0.3, -0.25) is 9.69 Å². The van der Waals surface area contributed by atoms with E-state index in [0.717, 1.165) is 69.0 Å². The maximum Gasteiger partial charge on any atom is 0.416 e. The van der Waals surface area contributed by atoms with Gasteiger partial charge < -0.3 is 10.2 Å². The number of rotatable bonds is 6. The van der Waals surface area contributed by atoms with Crippen molar-refractivity contribution in [2.24, 2.45) is 17.8 Å². The molecule has 3 fully saturated rings. The van der Waals surface area contributed by atoms with Gasteiger partial charge in [-0.2, -0.15) is 13.2 Å². The van der Waals surface area contributed by atoms with Gasteiger partial charge in [-0.15, -0.1) is 11.3 Å². The lowest BCUT2D eigenvalue weighted by Crippen LogP contribution is -2.47. The van der Waals surface area contributed by atoms with Crippen LogP contribution < -0.4 is 10.2 Å². The summed E-state index contributed by atoms with van der Waals surface area (Å²) in [6.07, 6.45) is 2.66. The van der Waals surface area contributed by atoms with Crippen molar-refractivity contribution in [3.05, 3.63) is 29.1 Å². The van der Waals surface area contributed by atoms with E-state index in [1.807, 2.05) is 5.38 Å². The minimum atomic E-state index is -4.31. The monoisotopic (exact) mass is 493 g/mol. The van der Waals surface area contributed by atoms with Crippen LogP contribution in [-0.4, -0.2) is 49.6 Å². The molecule has 0 spiro atoms. The van der Waals surface area contributed by atoms with Crippen LogP contribution >= 0.6 is 11.3 Å². The first-order valence-corrected chi connectivity index (χ1v) is 13.6. The molecule has 1 aromatic carbocycles. The molecule has 2 atom stereocenters. The largest absolute Gasteiger partial charge is 0.416 e. The molecule has 5 rings (SSSR count). The quantitative estimate of drug-likeness (QED) is 0.556. The predicted molar refractivity (Wildman–Crippen MR) is 131 cm³/mol. The number of anilines is 1. The Labute approximate surface area is 203 Å². The molecule has 1 aromatic heterocycles. The number of carbonyl (C=O) groups is 1. The number of nitrogens with zero attached hydrogens (tertiary/aromatic N) is 2. The number of thiophene rings is 1. The summed E-state index contributed by atoms with van der Waals surface area (Å²) in [7, 11) is 0. The number of nitrogens with one attached hydrogen (secondary N) is 1. The lowest BCUT2D eigenvalue weighted by atomic mass is 9.84. The van der Waals surface area contributed by atoms with Crippen molar-refractivity contribution in [3.8, 4) is 0 Å². The Morgan fingerprint density at radius 1 is 1.12 bits per heavy atom. The number of hydrogen-bond acceptors (Lipinski definition) is 4. The standard InChI is InChI=1S/C26H34F3N3OS/c1-2-17-3-6-20(7-4-17)30-25(33)22-13-18(22)15-31-9-11-32(12-10-31)23-16-34-24-14-19(26(27,28)29)5-8-21(23)24/h5,8,14,16-18,20,22H,2-4,6-7,9-13,15H2,1H3,(H,30,33)/t17?,18-,20?,22+/m0/s1. The third-order valence-electron chi connectivity index (χ3n) is 8.12. The molecule has 0 radical (unpaired) electrons. The molecule has 1 N–H and O–H groups in total. The van der Waals surface area contributed by atoms with Gasteiger partial charge >= 0.3 is 6.18 Å². The molecule has 3 aliphatic rings. The van der Waals surface area contributed by atoms with Crippen molar-refractivity contribution >= 4 is 33.0 Å². The summed E-state index contributed by atoms with van der Waals surface area (Å²) < 4.78 is 39.7. The SMILES string of the molecule is CCC1CCC(NC(=O)[C@@H]2C[C@H]2CN2CCN(c3csc4cc(C(F)(F)F)ccc34)CC2)CC1. The van der Waals surface area contributed by atoms with Crippen molar-refractivity contribution in [2.75, 3.05) is 37.6 Å². The first kappa shape index (κ1) is 23.9. The average Bonchev–Trinajstić information content (AvgIpc) is 3.47. The van der Waals surface area contributed by atoms with Crippen LogP contribution in [0.3, 0.4) is 0 Å². The number of carbonyl (C=O) groups excluding carboxylic acids is 1. The number of halogens is 3. The molecule has 2 saturated carbocycles. The van der Waals surface area contributed by atoms with Crippen LogP contribution in [-0.2, 0) is 11.0 Å². The molecule has 34 heavy (non-hydrogen) atoms. The second kappa shape index (κ2) is 9.69. The highest BCUT2D eigenvalue weighted by Gasteiger charge is 2.44. The van der Waals surface area contributed by atoms with Gasteiger partial charge in [-0.25, -0.2) is 0 Å². The van der Waals surface area contributed by atoms with Crippen molar-refractivity contribution in [1.29, 1.82) is 0 Å². The molecule has 0 bridgehead atoms. The minimum absolute atomic E-state index is 0.172. The Bertz CT molecular complexity index is 1010. The second-order valence-corrected chi connectivity index (χ2v) is 11.3. The van der Waals surface area contributed by atoms with Crippen molar-refractivity contribution in [1.82, 2.24) is 10.2 Å². The van der Waals surface area contributed by atoms with E-state index >= 15 is 0 Å². The molecule has 2 heterocycles. The Kier molecular flexibility index (Phi) is 6.81. The number of amides is 1. The number of benzene rings is 1. The van der Waals surface area contributed by atoms with Gasteiger partial charge in [-0.1, -0.05) is 19.4 Å². The van der Waals surface area contributed by atoms with Gasteiger partial charge in [0, 0.05) is 60.1 Å². The lowest BCUT2D eigenvalue weighted by molar-refractivity contribution is -0.137. The molecule has 4 nitrogen and oxygen atoms in total. The van der Waals surface area contributed by atoms with E-state index in [2.05, 4.69) is 22.0 Å². The van der Waals surface area contributed by atoms with Crippen LogP contribution in [0.15, 0.2) is 23.6 Å². The lowest BCUT2D eigenvalue weighted by Gasteiger charge is -2.36. The van der Waals surface area contributed by atoms with Crippen LogP contribution in [0.25, 0.3) is 10.1 Å². The van der Waals surface area contributed by atoms with Crippen molar-refractivity contribution < 1.29 is 18.0 Å². The van der Waals surface area contributed by atoms with Crippen molar-refractivity contribution in [3.63, 3.8) is 0 Å². The molecular weight excluding hydrogens is 459 g/mol. The normalized spacial score (nSPS) is 28.3. The van der Waals surface area contributed by atoms with Crippen molar-refractivity contribution in [2.45, 2.75) is 57.7 Å². The fourth-order valence-electron chi connectivity index (χ4n) is 5.73. The predicted octanol–water partition coefficient (Wildman–Crippen LogP) is 5.76. The van der Waals surface area contributed by atoms with E-state index in [9.17, 15) is 18.0 Å². The molecule has 8 heteroatoms. The third-order valence-corrected chi connectivity index (χ3v) is 9.05.